The van der Waals surface area contributed by atoms with Gasteiger partial charge in [0.05, 0.1) is 0 Å². The summed E-state index contributed by atoms with van der Waals surface area (Å²) in [6, 6.07) is 0. The van der Waals surface area contributed by atoms with Gasteiger partial charge in [-0.05, 0) is 37.7 Å². The fourth-order valence-corrected chi connectivity index (χ4v) is 0.942. The molecular weight excluding hydrogens is 720 g/mol. The minimum absolute atomic E-state index is 0. The van der Waals surface area contributed by atoms with Crippen molar-refractivity contribution in [3.8, 4) is 23.7 Å². The van der Waals surface area contributed by atoms with Crippen molar-refractivity contribution >= 4 is 0 Å². The predicted octanol–water partition coefficient (Wildman–Crippen LogP) is 1.48. The fourth-order valence-electron chi connectivity index (χ4n) is 0.942. The summed E-state index contributed by atoms with van der Waals surface area (Å²) < 4.78 is 97.5. The van der Waals surface area contributed by atoms with Crippen LogP contribution in [-0.2, 0) is 128 Å². The summed E-state index contributed by atoms with van der Waals surface area (Å²) in [5, 5.41) is 0. The van der Waals surface area contributed by atoms with E-state index in [1.165, 1.54) is 0 Å². The van der Waals surface area contributed by atoms with Gasteiger partial charge in [0.1, 0.15) is 0 Å². The Morgan fingerprint density at radius 1 is 0.450 bits per heavy atom. The molecule has 0 fully saturated rings. The molecule has 0 heterocycles. The minimum Gasteiger partial charge on any atom is 0 e. The monoisotopic (exact) mass is 730 g/mol. The molecule has 0 saturated carbocycles. The first kappa shape index (κ1) is 119. The molecule has 0 N–H and O–H groups in total. The van der Waals surface area contributed by atoms with Crippen LogP contribution in [0.5, 0.6) is 0 Å². The minimum atomic E-state index is 0. The third-order valence-corrected chi connectivity index (χ3v) is 1.36. The average Bonchev–Trinajstić information content (AvgIpc) is 3.20. The molecule has 40 heavy (non-hydrogen) atoms. The maximum absolute atomic E-state index is 7.50. The zero-order valence-corrected chi connectivity index (χ0v) is 23.7. The molecule has 0 amide bonds. The molecule has 0 aliphatic heterocycles. The quantitative estimate of drug-likeness (QED) is 0.195. The SMILES string of the molecule is C=C1C#CC#CC(C)(C)C1.[C-]#[O+].[C-]#[O+].[C-]#[O+].[C-]#[O+].[C-]#[O+].[C-]#[O+].[C-]#[O+].[C-]#[O+].[C-]#[O+].[C-]#[O+].[C-]#[O+].[C-]#[O+].[C-]#[O+].[Co].[Co].[Co].[Co]. The Kier molecular flexibility index (Phi) is 1030. The number of hydrogen-bond acceptors (Lipinski definition) is 0. The molecule has 0 spiro atoms. The molecule has 0 aromatic carbocycles. The molecule has 1 aliphatic carbocycles. The van der Waals surface area contributed by atoms with Gasteiger partial charge in [0.2, 0.25) is 0 Å². The van der Waals surface area contributed by atoms with Gasteiger partial charge in [-0.3, -0.25) is 0 Å². The van der Waals surface area contributed by atoms with Crippen LogP contribution in [0.15, 0.2) is 12.2 Å². The van der Waals surface area contributed by atoms with Gasteiger partial charge < -0.3 is 0 Å². The molecule has 216 valence electrons. The number of hydrogen-bond donors (Lipinski definition) is 0. The van der Waals surface area contributed by atoms with Gasteiger partial charge in [-0.15, -0.1) is 0 Å². The van der Waals surface area contributed by atoms with Crippen molar-refractivity contribution in [1.29, 1.82) is 0 Å². The summed E-state index contributed by atoms with van der Waals surface area (Å²) in [5.41, 5.74) is 1.02. The Bertz CT molecular complexity index is 668. The summed E-state index contributed by atoms with van der Waals surface area (Å²) in [6.45, 7) is 66.5. The second-order valence-corrected chi connectivity index (χ2v) is 3.16. The van der Waals surface area contributed by atoms with Crippen molar-refractivity contribution in [3.05, 3.63) is 98.6 Å². The van der Waals surface area contributed by atoms with Crippen molar-refractivity contribution in [2.24, 2.45) is 5.41 Å². The van der Waals surface area contributed by atoms with Crippen molar-refractivity contribution < 1.29 is 128 Å². The molecule has 4 radical (unpaired) electrons. The van der Waals surface area contributed by atoms with Gasteiger partial charge in [-0.25, -0.2) is 0 Å². The summed E-state index contributed by atoms with van der Waals surface area (Å²) in [6.07, 6.45) is 0.896. The van der Waals surface area contributed by atoms with Gasteiger partial charge in [-0.1, -0.05) is 18.4 Å². The van der Waals surface area contributed by atoms with Crippen LogP contribution < -0.4 is 0 Å². The van der Waals surface area contributed by atoms with Crippen molar-refractivity contribution in [2.45, 2.75) is 20.3 Å². The van der Waals surface area contributed by atoms with E-state index in [0.717, 1.165) is 12.0 Å². The van der Waals surface area contributed by atoms with E-state index in [1.54, 1.807) is 0 Å². The molecule has 1 aliphatic rings. The molecule has 0 saturated heterocycles. The Labute approximate surface area is 274 Å². The van der Waals surface area contributed by atoms with Crippen molar-refractivity contribution in [1.82, 2.24) is 0 Å². The van der Waals surface area contributed by atoms with Crippen LogP contribution in [0.2, 0.25) is 0 Å². The molecule has 0 unspecified atom stereocenters. The van der Waals surface area contributed by atoms with Crippen LogP contribution >= 0.6 is 0 Å². The third kappa shape index (κ3) is 383. The topological polar surface area (TPSA) is 259 Å². The van der Waals surface area contributed by atoms with Gasteiger partial charge in [0, 0.05) is 72.5 Å². The third-order valence-electron chi connectivity index (χ3n) is 1.36. The van der Waals surface area contributed by atoms with E-state index < -0.39 is 0 Å². The molecule has 17 heteroatoms. The molecule has 1 rings (SSSR count). The first-order valence-corrected chi connectivity index (χ1v) is 5.96. The van der Waals surface area contributed by atoms with Crippen LogP contribution in [0.25, 0.3) is 0 Å². The van der Waals surface area contributed by atoms with Crippen molar-refractivity contribution in [2.75, 3.05) is 0 Å². The predicted molar refractivity (Wildman–Crippen MR) is 94.2 cm³/mol. The van der Waals surface area contributed by atoms with E-state index in [2.05, 4.69) is 131 Å². The molecule has 0 bridgehead atoms. The van der Waals surface area contributed by atoms with E-state index in [9.17, 15) is 0 Å². The maximum Gasteiger partial charge on any atom is 0 e. The zero-order chi connectivity index (χ0) is 33.6. The van der Waals surface area contributed by atoms with E-state index in [4.69, 9.17) is 60.5 Å². The Morgan fingerprint density at radius 2 is 0.625 bits per heavy atom. The van der Waals surface area contributed by atoms with Gasteiger partial charge in [0.25, 0.3) is 0 Å². The first-order valence-electron chi connectivity index (χ1n) is 5.96. The Hall–Kier alpha value is -2.49. The zero-order valence-electron chi connectivity index (χ0n) is 19.6. The Morgan fingerprint density at radius 3 is 0.800 bits per heavy atom. The van der Waals surface area contributed by atoms with Crippen LogP contribution in [0.3, 0.4) is 0 Å². The Balaban J connectivity index is -0.0000000104. The van der Waals surface area contributed by atoms with E-state index >= 15 is 0 Å². The van der Waals surface area contributed by atoms with Crippen LogP contribution in [0.4, 0.5) is 0 Å². The molecule has 0 aromatic rings. The largest absolute Gasteiger partial charge is 0 e. The smallest absolute Gasteiger partial charge is 0 e. The maximum atomic E-state index is 7.50. The molecule has 0 aromatic heterocycles. The van der Waals surface area contributed by atoms with E-state index in [1.807, 2.05) is 0 Å². The standard InChI is InChI=1S/C10H10.13CO.4Co/c1-9-6-4-5-7-10(2,3)8-9;13*1-2;;;;/h1,8H2,2-3H3;;;;;;;;;;;;;;;;;. The summed E-state index contributed by atoms with van der Waals surface area (Å²) in [5.74, 6) is 11.5. The van der Waals surface area contributed by atoms with E-state index in [-0.39, 0.29) is 72.5 Å². The summed E-state index contributed by atoms with van der Waals surface area (Å²) in [4.78, 5) is 0. The van der Waals surface area contributed by atoms with Gasteiger partial charge >= 0.3 is 147 Å². The number of rotatable bonds is 0. The van der Waals surface area contributed by atoms with Gasteiger partial charge in [-0.2, -0.15) is 0 Å². The molecular formula is C23H10Co4O13. The first-order chi connectivity index (χ1) is 17.6. The molecule has 0 atom stereocenters. The molecule has 13 nitrogen and oxygen atoms in total. The van der Waals surface area contributed by atoms with Crippen LogP contribution in [0.1, 0.15) is 20.3 Å². The summed E-state index contributed by atoms with van der Waals surface area (Å²) >= 11 is 0. The van der Waals surface area contributed by atoms with E-state index in [0.29, 0.717) is 0 Å². The van der Waals surface area contributed by atoms with Crippen LogP contribution in [-0.4, -0.2) is 0 Å². The number of allylic oxidation sites excluding steroid dienone is 1. The normalized spacial score (nSPS) is 5.55. The van der Waals surface area contributed by atoms with Gasteiger partial charge in [0.15, 0.2) is 0 Å². The fraction of sp³-hybridized carbons (Fsp3) is 0.174. The van der Waals surface area contributed by atoms with Crippen molar-refractivity contribution in [3.63, 3.8) is 0 Å². The second-order valence-electron chi connectivity index (χ2n) is 3.16. The van der Waals surface area contributed by atoms with Crippen LogP contribution in [0, 0.1) is 116 Å². The average molecular weight is 730 g/mol. The summed E-state index contributed by atoms with van der Waals surface area (Å²) in [7, 11) is 0. The second kappa shape index (κ2) is 348.